The molecule has 25 heavy (non-hydrogen) atoms. The van der Waals surface area contributed by atoms with Crippen molar-refractivity contribution in [2.45, 2.75) is 12.7 Å². The average molecular weight is 346 g/mol. The molecule has 7 heteroatoms. The zero-order valence-corrected chi connectivity index (χ0v) is 12.9. The Hall–Kier alpha value is -3.09. The van der Waals surface area contributed by atoms with Gasteiger partial charge in [-0.25, -0.2) is 4.79 Å². The smallest absolute Gasteiger partial charge is 0.303 e. The zero-order chi connectivity index (χ0) is 18.0. The van der Waals surface area contributed by atoms with Crippen molar-refractivity contribution >= 4 is 18.0 Å². The standard InChI is InChI=1S/C18H13F3N2O2/c19-18(20,21)14-8-4-7-13(9-14)10-15-16(24)23(17(25)22-15)11-12-5-2-1-3-6-12/h1-10H,11H2,(H,22,25)/b15-10+. The number of alkyl halides is 3. The van der Waals surface area contributed by atoms with Gasteiger partial charge in [0.05, 0.1) is 12.1 Å². The van der Waals surface area contributed by atoms with Crippen molar-refractivity contribution in [2.24, 2.45) is 0 Å². The number of hydrogen-bond acceptors (Lipinski definition) is 2. The SMILES string of the molecule is O=C1N/C(=C/c2cccc(C(F)(F)F)c2)C(=O)N1Cc1ccccc1. The third-order valence-electron chi connectivity index (χ3n) is 3.67. The van der Waals surface area contributed by atoms with E-state index in [4.69, 9.17) is 0 Å². The van der Waals surface area contributed by atoms with E-state index >= 15 is 0 Å². The minimum absolute atomic E-state index is 0.0553. The van der Waals surface area contributed by atoms with Crippen LogP contribution in [0.25, 0.3) is 6.08 Å². The van der Waals surface area contributed by atoms with E-state index in [1.165, 1.54) is 18.2 Å². The summed E-state index contributed by atoms with van der Waals surface area (Å²) in [7, 11) is 0. The minimum Gasteiger partial charge on any atom is -0.303 e. The fraction of sp³-hybridized carbons (Fsp3) is 0.111. The molecule has 0 saturated carbocycles. The quantitative estimate of drug-likeness (QED) is 0.679. The second-order valence-corrected chi connectivity index (χ2v) is 5.49. The van der Waals surface area contributed by atoms with Gasteiger partial charge in [0.25, 0.3) is 5.91 Å². The first-order valence-electron chi connectivity index (χ1n) is 7.40. The molecule has 3 rings (SSSR count). The fourth-order valence-corrected chi connectivity index (χ4v) is 2.45. The third kappa shape index (κ3) is 3.71. The van der Waals surface area contributed by atoms with E-state index in [2.05, 4.69) is 5.32 Å². The summed E-state index contributed by atoms with van der Waals surface area (Å²) in [4.78, 5) is 25.4. The van der Waals surface area contributed by atoms with Gasteiger partial charge in [-0.3, -0.25) is 9.69 Å². The van der Waals surface area contributed by atoms with E-state index in [9.17, 15) is 22.8 Å². The van der Waals surface area contributed by atoms with Crippen LogP contribution in [0.3, 0.4) is 0 Å². The molecule has 2 aromatic rings. The first kappa shape index (κ1) is 16.8. The highest BCUT2D eigenvalue weighted by atomic mass is 19.4. The summed E-state index contributed by atoms with van der Waals surface area (Å²) in [6, 6.07) is 12.9. The highest BCUT2D eigenvalue weighted by molar-refractivity contribution is 6.13. The van der Waals surface area contributed by atoms with Crippen LogP contribution in [-0.4, -0.2) is 16.8 Å². The second-order valence-electron chi connectivity index (χ2n) is 5.49. The molecule has 0 atom stereocenters. The molecular weight excluding hydrogens is 333 g/mol. The molecule has 1 aliphatic rings. The van der Waals surface area contributed by atoms with E-state index in [-0.39, 0.29) is 17.8 Å². The topological polar surface area (TPSA) is 49.4 Å². The molecule has 1 saturated heterocycles. The Labute approximate surface area is 141 Å². The van der Waals surface area contributed by atoms with E-state index in [0.29, 0.717) is 0 Å². The first-order valence-corrected chi connectivity index (χ1v) is 7.40. The molecule has 1 N–H and O–H groups in total. The molecular formula is C18H13F3N2O2. The van der Waals surface area contributed by atoms with E-state index in [1.54, 1.807) is 24.3 Å². The number of carbonyl (C=O) groups excluding carboxylic acids is 2. The maximum Gasteiger partial charge on any atom is 0.416 e. The van der Waals surface area contributed by atoms with Gasteiger partial charge in [-0.15, -0.1) is 0 Å². The molecule has 1 heterocycles. The van der Waals surface area contributed by atoms with Gasteiger partial charge < -0.3 is 5.32 Å². The molecule has 4 nitrogen and oxygen atoms in total. The number of amides is 3. The normalized spacial score (nSPS) is 16.4. The number of carbonyl (C=O) groups is 2. The van der Waals surface area contributed by atoms with Crippen LogP contribution in [-0.2, 0) is 17.5 Å². The largest absolute Gasteiger partial charge is 0.416 e. The van der Waals surface area contributed by atoms with Gasteiger partial charge in [-0.1, -0.05) is 42.5 Å². The molecule has 128 valence electrons. The van der Waals surface area contributed by atoms with Crippen molar-refractivity contribution in [3.05, 3.63) is 77.0 Å². The van der Waals surface area contributed by atoms with Crippen molar-refractivity contribution in [1.29, 1.82) is 0 Å². The summed E-state index contributed by atoms with van der Waals surface area (Å²) in [6.45, 7) is 0.0887. The van der Waals surface area contributed by atoms with Gasteiger partial charge in [0.15, 0.2) is 0 Å². The molecule has 0 aliphatic carbocycles. The number of benzene rings is 2. The number of urea groups is 1. The predicted molar refractivity (Wildman–Crippen MR) is 84.9 cm³/mol. The van der Waals surface area contributed by atoms with Crippen molar-refractivity contribution in [3.63, 3.8) is 0 Å². The lowest BCUT2D eigenvalue weighted by Crippen LogP contribution is -2.30. The second kappa shape index (κ2) is 6.43. The number of rotatable bonds is 3. The number of nitrogens with zero attached hydrogens (tertiary/aromatic N) is 1. The van der Waals surface area contributed by atoms with Gasteiger partial charge in [0, 0.05) is 0 Å². The van der Waals surface area contributed by atoms with Crippen molar-refractivity contribution < 1.29 is 22.8 Å². The summed E-state index contributed by atoms with van der Waals surface area (Å²) in [6.07, 6.45) is -3.24. The van der Waals surface area contributed by atoms with E-state index in [1.807, 2.05) is 6.07 Å². The summed E-state index contributed by atoms with van der Waals surface area (Å²) < 4.78 is 38.3. The Morgan fingerprint density at radius 3 is 2.40 bits per heavy atom. The molecule has 3 amide bonds. The summed E-state index contributed by atoms with van der Waals surface area (Å²) >= 11 is 0. The Balaban J connectivity index is 1.83. The number of halogens is 3. The fourth-order valence-electron chi connectivity index (χ4n) is 2.45. The Morgan fingerprint density at radius 1 is 1.00 bits per heavy atom. The van der Waals surface area contributed by atoms with Crippen molar-refractivity contribution in [1.82, 2.24) is 10.2 Å². The summed E-state index contributed by atoms with van der Waals surface area (Å²) in [5, 5.41) is 2.40. The highest BCUT2D eigenvalue weighted by Gasteiger charge is 2.34. The van der Waals surface area contributed by atoms with Gasteiger partial charge >= 0.3 is 12.2 Å². The number of hydrogen-bond donors (Lipinski definition) is 1. The van der Waals surface area contributed by atoms with Crippen molar-refractivity contribution in [2.75, 3.05) is 0 Å². The van der Waals surface area contributed by atoms with Gasteiger partial charge in [0.1, 0.15) is 5.70 Å². The maximum atomic E-state index is 12.8. The molecule has 1 aliphatic heterocycles. The van der Waals surface area contributed by atoms with Gasteiger partial charge in [-0.05, 0) is 29.3 Å². The lowest BCUT2D eigenvalue weighted by molar-refractivity contribution is -0.137. The molecule has 1 fully saturated rings. The Bertz CT molecular complexity index is 845. The molecule has 0 unspecified atom stereocenters. The summed E-state index contributed by atoms with van der Waals surface area (Å²) in [5.74, 6) is -0.578. The summed E-state index contributed by atoms with van der Waals surface area (Å²) in [5.41, 5.74) is 0.0753. The number of nitrogens with one attached hydrogen (secondary N) is 1. The molecule has 0 aromatic heterocycles. The minimum atomic E-state index is -4.48. The van der Waals surface area contributed by atoms with E-state index in [0.717, 1.165) is 22.6 Å². The van der Waals surface area contributed by atoms with Gasteiger partial charge in [-0.2, -0.15) is 13.2 Å². The van der Waals surface area contributed by atoms with Gasteiger partial charge in [0.2, 0.25) is 0 Å². The third-order valence-corrected chi connectivity index (χ3v) is 3.67. The first-order chi connectivity index (χ1) is 11.8. The molecule has 0 spiro atoms. The predicted octanol–water partition coefficient (Wildman–Crippen LogP) is 3.80. The van der Waals surface area contributed by atoms with Crippen LogP contribution in [0.1, 0.15) is 16.7 Å². The van der Waals surface area contributed by atoms with Crippen LogP contribution in [0.4, 0.5) is 18.0 Å². The number of imide groups is 1. The van der Waals surface area contributed by atoms with Crippen LogP contribution >= 0.6 is 0 Å². The van der Waals surface area contributed by atoms with Crippen molar-refractivity contribution in [3.8, 4) is 0 Å². The molecule has 0 radical (unpaired) electrons. The van der Waals surface area contributed by atoms with Crippen LogP contribution in [0.15, 0.2) is 60.3 Å². The zero-order valence-electron chi connectivity index (χ0n) is 12.9. The highest BCUT2D eigenvalue weighted by Crippen LogP contribution is 2.30. The van der Waals surface area contributed by atoms with E-state index < -0.39 is 23.7 Å². The van der Waals surface area contributed by atoms with Crippen LogP contribution in [0.2, 0.25) is 0 Å². The molecule has 0 bridgehead atoms. The lowest BCUT2D eigenvalue weighted by Gasteiger charge is -2.11. The monoisotopic (exact) mass is 346 g/mol. The van der Waals surface area contributed by atoms with Crippen LogP contribution < -0.4 is 5.32 Å². The Kier molecular flexibility index (Phi) is 4.31. The Morgan fingerprint density at radius 2 is 1.72 bits per heavy atom. The lowest BCUT2D eigenvalue weighted by atomic mass is 10.1. The average Bonchev–Trinajstić information content (AvgIpc) is 2.83. The van der Waals surface area contributed by atoms with Crippen LogP contribution in [0.5, 0.6) is 0 Å². The van der Waals surface area contributed by atoms with Crippen LogP contribution in [0, 0.1) is 0 Å². The maximum absolute atomic E-state index is 12.8. The molecule has 2 aromatic carbocycles.